The van der Waals surface area contributed by atoms with Crippen molar-refractivity contribution in [3.63, 3.8) is 0 Å². The first-order valence-corrected chi connectivity index (χ1v) is 7.32. The van der Waals surface area contributed by atoms with Gasteiger partial charge in [-0.3, -0.25) is 4.68 Å². The van der Waals surface area contributed by atoms with Crippen LogP contribution in [0.1, 0.15) is 18.4 Å². The van der Waals surface area contributed by atoms with E-state index < -0.39 is 0 Å². The number of rotatable bonds is 7. The molecule has 1 aliphatic rings. The summed E-state index contributed by atoms with van der Waals surface area (Å²) in [5.41, 5.74) is 1.04. The van der Waals surface area contributed by atoms with Gasteiger partial charge in [0.05, 0.1) is 6.54 Å². The second-order valence-electron chi connectivity index (χ2n) is 4.99. The van der Waals surface area contributed by atoms with Gasteiger partial charge in [0, 0.05) is 35.6 Å². The highest BCUT2D eigenvalue weighted by atomic mass is 35.5. The minimum Gasteiger partial charge on any atom is -0.491 e. The molecule has 1 aliphatic carbocycles. The van der Waals surface area contributed by atoms with Gasteiger partial charge in [0.25, 0.3) is 0 Å². The molecule has 4 nitrogen and oxygen atoms in total. The Morgan fingerprint density at radius 1 is 1.35 bits per heavy atom. The van der Waals surface area contributed by atoms with Gasteiger partial charge in [-0.2, -0.15) is 5.10 Å². The normalized spacial score (nSPS) is 14.4. The van der Waals surface area contributed by atoms with Crippen LogP contribution in [0.5, 0.6) is 5.75 Å². The van der Waals surface area contributed by atoms with Crippen LogP contribution in [0.25, 0.3) is 0 Å². The van der Waals surface area contributed by atoms with Gasteiger partial charge in [-0.25, -0.2) is 0 Å². The zero-order valence-corrected chi connectivity index (χ0v) is 12.0. The van der Waals surface area contributed by atoms with Crippen LogP contribution >= 0.6 is 11.6 Å². The molecule has 0 saturated heterocycles. The first kappa shape index (κ1) is 13.5. The lowest BCUT2D eigenvalue weighted by Crippen LogP contribution is -2.17. The molecular formula is C15H18ClN3O. The molecule has 0 atom stereocenters. The van der Waals surface area contributed by atoms with Crippen molar-refractivity contribution in [3.05, 3.63) is 47.2 Å². The first-order valence-electron chi connectivity index (χ1n) is 6.94. The molecule has 1 aromatic heterocycles. The van der Waals surface area contributed by atoms with Crippen LogP contribution in [0.2, 0.25) is 5.02 Å². The van der Waals surface area contributed by atoms with E-state index >= 15 is 0 Å². The Balaban J connectivity index is 1.60. The summed E-state index contributed by atoms with van der Waals surface area (Å²) >= 11 is 6.27. The average Bonchev–Trinajstić information content (AvgIpc) is 3.13. The number of benzene rings is 1. The van der Waals surface area contributed by atoms with E-state index in [1.165, 1.54) is 12.8 Å². The van der Waals surface area contributed by atoms with E-state index in [0.717, 1.165) is 29.4 Å². The summed E-state index contributed by atoms with van der Waals surface area (Å²) in [7, 11) is 0. The summed E-state index contributed by atoms with van der Waals surface area (Å²) in [5, 5.41) is 8.39. The lowest BCUT2D eigenvalue weighted by atomic mass is 10.2. The Labute approximate surface area is 123 Å². The fourth-order valence-corrected chi connectivity index (χ4v) is 2.29. The third-order valence-corrected chi connectivity index (χ3v) is 3.71. The van der Waals surface area contributed by atoms with E-state index in [1.807, 2.05) is 35.1 Å². The van der Waals surface area contributed by atoms with Gasteiger partial charge in [-0.1, -0.05) is 17.7 Å². The highest BCUT2D eigenvalue weighted by molar-refractivity contribution is 6.31. The molecule has 0 radical (unpaired) electrons. The fraction of sp³-hybridized carbons (Fsp3) is 0.400. The lowest BCUT2D eigenvalue weighted by Gasteiger charge is -2.13. The van der Waals surface area contributed by atoms with Crippen LogP contribution < -0.4 is 10.1 Å². The van der Waals surface area contributed by atoms with Gasteiger partial charge in [-0.05, 0) is 31.0 Å². The van der Waals surface area contributed by atoms with Gasteiger partial charge in [0.2, 0.25) is 0 Å². The Morgan fingerprint density at radius 3 is 3.00 bits per heavy atom. The summed E-state index contributed by atoms with van der Waals surface area (Å²) in [6, 6.07) is 8.37. The Hall–Kier alpha value is -1.52. The van der Waals surface area contributed by atoms with Crippen molar-refractivity contribution in [1.29, 1.82) is 0 Å². The molecule has 0 amide bonds. The standard InChI is InChI=1S/C15H18ClN3O/c16-14-3-1-4-15(13(14)11-17-12-5-6-12)20-10-9-19-8-2-7-18-19/h1-4,7-8,12,17H,5-6,9-11H2. The van der Waals surface area contributed by atoms with Crippen molar-refractivity contribution in [2.75, 3.05) is 6.61 Å². The van der Waals surface area contributed by atoms with E-state index in [1.54, 1.807) is 6.20 Å². The monoisotopic (exact) mass is 291 g/mol. The molecule has 0 aliphatic heterocycles. The predicted octanol–water partition coefficient (Wildman–Crippen LogP) is 2.87. The van der Waals surface area contributed by atoms with E-state index in [2.05, 4.69) is 10.4 Å². The number of ether oxygens (including phenoxy) is 1. The van der Waals surface area contributed by atoms with Crippen LogP contribution in [-0.4, -0.2) is 22.4 Å². The van der Waals surface area contributed by atoms with Crippen LogP contribution in [-0.2, 0) is 13.1 Å². The predicted molar refractivity (Wildman–Crippen MR) is 79.0 cm³/mol. The fourth-order valence-electron chi connectivity index (χ4n) is 2.06. The van der Waals surface area contributed by atoms with Crippen LogP contribution in [0.3, 0.4) is 0 Å². The summed E-state index contributed by atoms with van der Waals surface area (Å²) < 4.78 is 7.71. The minimum atomic E-state index is 0.582. The Bertz CT molecular complexity index is 552. The van der Waals surface area contributed by atoms with E-state index in [9.17, 15) is 0 Å². The molecule has 1 saturated carbocycles. The van der Waals surface area contributed by atoms with E-state index in [0.29, 0.717) is 12.6 Å². The largest absolute Gasteiger partial charge is 0.491 e. The van der Waals surface area contributed by atoms with Crippen LogP contribution in [0.15, 0.2) is 36.7 Å². The summed E-state index contributed by atoms with van der Waals surface area (Å²) in [6.45, 7) is 2.08. The number of halogens is 1. The van der Waals surface area contributed by atoms with Gasteiger partial charge in [0.1, 0.15) is 12.4 Å². The minimum absolute atomic E-state index is 0.582. The average molecular weight is 292 g/mol. The van der Waals surface area contributed by atoms with Crippen molar-refractivity contribution in [2.45, 2.75) is 32.0 Å². The molecule has 2 aromatic rings. The van der Waals surface area contributed by atoms with Crippen LogP contribution in [0.4, 0.5) is 0 Å². The number of hydrogen-bond donors (Lipinski definition) is 1. The molecule has 0 bridgehead atoms. The Kier molecular flexibility index (Phi) is 4.23. The smallest absolute Gasteiger partial charge is 0.125 e. The molecule has 106 valence electrons. The van der Waals surface area contributed by atoms with Crippen LogP contribution in [0, 0.1) is 0 Å². The SMILES string of the molecule is Clc1cccc(OCCn2cccn2)c1CNC1CC1. The molecule has 1 heterocycles. The molecule has 5 heteroatoms. The highest BCUT2D eigenvalue weighted by Gasteiger charge is 2.21. The second kappa shape index (κ2) is 6.29. The first-order chi connectivity index (χ1) is 9.83. The second-order valence-corrected chi connectivity index (χ2v) is 5.40. The van der Waals surface area contributed by atoms with E-state index in [4.69, 9.17) is 16.3 Å². The van der Waals surface area contributed by atoms with Crippen molar-refractivity contribution < 1.29 is 4.74 Å². The summed E-state index contributed by atoms with van der Waals surface area (Å²) in [6.07, 6.45) is 6.22. The van der Waals surface area contributed by atoms with Crippen molar-refractivity contribution in [1.82, 2.24) is 15.1 Å². The third kappa shape index (κ3) is 3.52. The van der Waals surface area contributed by atoms with Crippen molar-refractivity contribution in [2.24, 2.45) is 0 Å². The molecule has 3 rings (SSSR count). The summed E-state index contributed by atoms with van der Waals surface area (Å²) in [4.78, 5) is 0. The summed E-state index contributed by atoms with van der Waals surface area (Å²) in [5.74, 6) is 0.859. The quantitative estimate of drug-likeness (QED) is 0.852. The Morgan fingerprint density at radius 2 is 2.25 bits per heavy atom. The third-order valence-electron chi connectivity index (χ3n) is 3.36. The molecular weight excluding hydrogens is 274 g/mol. The molecule has 20 heavy (non-hydrogen) atoms. The molecule has 1 N–H and O–H groups in total. The topological polar surface area (TPSA) is 39.1 Å². The molecule has 0 unspecified atom stereocenters. The molecule has 0 spiro atoms. The number of nitrogens with one attached hydrogen (secondary N) is 1. The van der Waals surface area contributed by atoms with Gasteiger partial charge in [-0.15, -0.1) is 0 Å². The van der Waals surface area contributed by atoms with Crippen molar-refractivity contribution in [3.8, 4) is 5.75 Å². The van der Waals surface area contributed by atoms with Gasteiger partial charge >= 0.3 is 0 Å². The molecule has 1 fully saturated rings. The zero-order chi connectivity index (χ0) is 13.8. The molecule has 1 aromatic carbocycles. The van der Waals surface area contributed by atoms with Gasteiger partial charge in [0.15, 0.2) is 0 Å². The van der Waals surface area contributed by atoms with E-state index in [-0.39, 0.29) is 0 Å². The number of hydrogen-bond acceptors (Lipinski definition) is 3. The maximum Gasteiger partial charge on any atom is 0.125 e. The number of nitrogens with zero attached hydrogens (tertiary/aromatic N) is 2. The van der Waals surface area contributed by atoms with Crippen molar-refractivity contribution >= 4 is 11.6 Å². The lowest BCUT2D eigenvalue weighted by molar-refractivity contribution is 0.288. The zero-order valence-electron chi connectivity index (χ0n) is 11.3. The maximum atomic E-state index is 6.27. The number of aromatic nitrogens is 2. The van der Waals surface area contributed by atoms with Gasteiger partial charge < -0.3 is 10.1 Å². The maximum absolute atomic E-state index is 6.27. The highest BCUT2D eigenvalue weighted by Crippen LogP contribution is 2.28.